The molecular formula is C12H21NO5. The number of carbonyl (C=O) groups is 2. The maximum atomic E-state index is 11.3. The van der Waals surface area contributed by atoms with Gasteiger partial charge in [0.05, 0.1) is 27.2 Å². The van der Waals surface area contributed by atoms with Crippen LogP contribution in [0.4, 0.5) is 0 Å². The Kier molecular flexibility index (Phi) is 6.67. The molecule has 104 valence electrons. The van der Waals surface area contributed by atoms with E-state index >= 15 is 0 Å². The van der Waals surface area contributed by atoms with Crippen LogP contribution in [0.15, 0.2) is 0 Å². The highest BCUT2D eigenvalue weighted by molar-refractivity contribution is 5.76. The summed E-state index contributed by atoms with van der Waals surface area (Å²) in [5.74, 6) is -0.469. The minimum Gasteiger partial charge on any atom is -0.469 e. The SMILES string of the molecule is COC(=O)CCOCC[C@@H]1CC[C@@H](C(=O)OC)N1. The van der Waals surface area contributed by atoms with Crippen molar-refractivity contribution in [3.63, 3.8) is 0 Å². The van der Waals surface area contributed by atoms with E-state index in [4.69, 9.17) is 4.74 Å². The summed E-state index contributed by atoms with van der Waals surface area (Å²) >= 11 is 0. The number of methoxy groups -OCH3 is 2. The number of nitrogens with one attached hydrogen (secondary N) is 1. The van der Waals surface area contributed by atoms with Gasteiger partial charge < -0.3 is 19.5 Å². The number of hydrogen-bond acceptors (Lipinski definition) is 6. The number of rotatable bonds is 7. The van der Waals surface area contributed by atoms with Crippen molar-refractivity contribution in [2.75, 3.05) is 27.4 Å². The molecule has 0 aromatic carbocycles. The standard InChI is InChI=1S/C12H21NO5/c1-16-11(14)6-8-18-7-5-9-3-4-10(13-9)12(15)17-2/h9-10,13H,3-8H2,1-2H3/t9-,10-/m0/s1. The van der Waals surface area contributed by atoms with Crippen molar-refractivity contribution in [3.8, 4) is 0 Å². The van der Waals surface area contributed by atoms with Crippen LogP contribution >= 0.6 is 0 Å². The van der Waals surface area contributed by atoms with E-state index in [0.717, 1.165) is 19.3 Å². The van der Waals surface area contributed by atoms with E-state index in [2.05, 4.69) is 14.8 Å². The van der Waals surface area contributed by atoms with Crippen molar-refractivity contribution in [2.24, 2.45) is 0 Å². The lowest BCUT2D eigenvalue weighted by molar-refractivity contribution is -0.143. The third-order valence-electron chi connectivity index (χ3n) is 3.02. The maximum absolute atomic E-state index is 11.3. The van der Waals surface area contributed by atoms with Crippen LogP contribution in [0.2, 0.25) is 0 Å². The van der Waals surface area contributed by atoms with Gasteiger partial charge in [0.2, 0.25) is 0 Å². The van der Waals surface area contributed by atoms with Gasteiger partial charge in [-0.1, -0.05) is 0 Å². The van der Waals surface area contributed by atoms with E-state index in [1.807, 2.05) is 0 Å². The molecule has 0 unspecified atom stereocenters. The second-order valence-corrected chi connectivity index (χ2v) is 4.24. The highest BCUT2D eigenvalue weighted by Crippen LogP contribution is 2.15. The third kappa shape index (κ3) is 5.01. The molecule has 1 fully saturated rings. The fourth-order valence-corrected chi connectivity index (χ4v) is 1.96. The van der Waals surface area contributed by atoms with Gasteiger partial charge in [0.25, 0.3) is 0 Å². The van der Waals surface area contributed by atoms with Gasteiger partial charge in [-0.25, -0.2) is 0 Å². The molecule has 1 aliphatic heterocycles. The summed E-state index contributed by atoms with van der Waals surface area (Å²) in [5.41, 5.74) is 0. The lowest BCUT2D eigenvalue weighted by Gasteiger charge is -2.12. The molecule has 1 aliphatic rings. The highest BCUT2D eigenvalue weighted by atomic mass is 16.5. The average molecular weight is 259 g/mol. The van der Waals surface area contributed by atoms with Crippen LogP contribution in [0.3, 0.4) is 0 Å². The Labute approximate surface area is 107 Å². The Bertz CT molecular complexity index is 282. The summed E-state index contributed by atoms with van der Waals surface area (Å²) in [7, 11) is 2.75. The molecule has 0 radical (unpaired) electrons. The summed E-state index contributed by atoms with van der Waals surface area (Å²) in [6.07, 6.45) is 2.85. The predicted octanol–water partition coefficient (Wildman–Crippen LogP) is 0.250. The summed E-state index contributed by atoms with van der Waals surface area (Å²) in [4.78, 5) is 22.1. The minimum atomic E-state index is -0.264. The van der Waals surface area contributed by atoms with Crippen LogP contribution in [0.5, 0.6) is 0 Å². The van der Waals surface area contributed by atoms with Gasteiger partial charge in [-0.15, -0.1) is 0 Å². The van der Waals surface area contributed by atoms with Crippen LogP contribution < -0.4 is 5.32 Å². The molecule has 2 atom stereocenters. The molecule has 0 aromatic heterocycles. The normalized spacial score (nSPS) is 22.8. The van der Waals surface area contributed by atoms with E-state index < -0.39 is 0 Å². The van der Waals surface area contributed by atoms with Crippen molar-refractivity contribution < 1.29 is 23.8 Å². The molecule has 6 heteroatoms. The van der Waals surface area contributed by atoms with E-state index in [-0.39, 0.29) is 30.4 Å². The molecule has 0 amide bonds. The Morgan fingerprint density at radius 2 is 1.94 bits per heavy atom. The average Bonchev–Trinajstić information content (AvgIpc) is 2.85. The smallest absolute Gasteiger partial charge is 0.322 e. The summed E-state index contributed by atoms with van der Waals surface area (Å²) in [5, 5.41) is 3.21. The first-order valence-electron chi connectivity index (χ1n) is 6.15. The Hall–Kier alpha value is -1.14. The highest BCUT2D eigenvalue weighted by Gasteiger charge is 2.29. The van der Waals surface area contributed by atoms with Gasteiger partial charge in [-0.2, -0.15) is 0 Å². The van der Waals surface area contributed by atoms with Gasteiger partial charge in [0, 0.05) is 12.6 Å². The van der Waals surface area contributed by atoms with E-state index in [1.54, 1.807) is 0 Å². The maximum Gasteiger partial charge on any atom is 0.322 e. The van der Waals surface area contributed by atoms with Gasteiger partial charge in [-0.05, 0) is 19.3 Å². The van der Waals surface area contributed by atoms with E-state index in [1.165, 1.54) is 14.2 Å². The zero-order valence-electron chi connectivity index (χ0n) is 10.9. The van der Waals surface area contributed by atoms with Crippen LogP contribution in [0, 0.1) is 0 Å². The molecule has 0 spiro atoms. The van der Waals surface area contributed by atoms with Crippen LogP contribution in [0.25, 0.3) is 0 Å². The second kappa shape index (κ2) is 8.05. The number of carbonyl (C=O) groups excluding carboxylic acids is 2. The number of ether oxygens (including phenoxy) is 3. The fraction of sp³-hybridized carbons (Fsp3) is 0.833. The second-order valence-electron chi connectivity index (χ2n) is 4.24. The van der Waals surface area contributed by atoms with Crippen molar-refractivity contribution in [2.45, 2.75) is 37.8 Å². The van der Waals surface area contributed by atoms with Crippen LogP contribution in [0.1, 0.15) is 25.7 Å². The minimum absolute atomic E-state index is 0.185. The Morgan fingerprint density at radius 1 is 1.17 bits per heavy atom. The van der Waals surface area contributed by atoms with Crippen molar-refractivity contribution in [1.29, 1.82) is 0 Å². The zero-order chi connectivity index (χ0) is 13.4. The van der Waals surface area contributed by atoms with Gasteiger partial charge in [0.1, 0.15) is 6.04 Å². The monoisotopic (exact) mass is 259 g/mol. The molecule has 18 heavy (non-hydrogen) atoms. The molecule has 1 saturated heterocycles. The Balaban J connectivity index is 2.04. The van der Waals surface area contributed by atoms with E-state index in [0.29, 0.717) is 13.2 Å². The van der Waals surface area contributed by atoms with Crippen LogP contribution in [-0.2, 0) is 23.8 Å². The van der Waals surface area contributed by atoms with Gasteiger partial charge >= 0.3 is 11.9 Å². The van der Waals surface area contributed by atoms with Crippen molar-refractivity contribution in [3.05, 3.63) is 0 Å². The number of esters is 2. The molecule has 0 aromatic rings. The van der Waals surface area contributed by atoms with E-state index in [9.17, 15) is 9.59 Å². The lowest BCUT2D eigenvalue weighted by atomic mass is 10.1. The molecule has 0 saturated carbocycles. The third-order valence-corrected chi connectivity index (χ3v) is 3.02. The largest absolute Gasteiger partial charge is 0.469 e. The topological polar surface area (TPSA) is 73.9 Å². The first-order valence-corrected chi connectivity index (χ1v) is 6.15. The molecule has 0 bridgehead atoms. The van der Waals surface area contributed by atoms with Gasteiger partial charge in [0.15, 0.2) is 0 Å². The predicted molar refractivity (Wildman–Crippen MR) is 64.0 cm³/mol. The van der Waals surface area contributed by atoms with Gasteiger partial charge in [-0.3, -0.25) is 9.59 Å². The molecule has 1 N–H and O–H groups in total. The fourth-order valence-electron chi connectivity index (χ4n) is 1.96. The molecule has 1 rings (SSSR count). The van der Waals surface area contributed by atoms with Crippen molar-refractivity contribution >= 4 is 11.9 Å². The summed E-state index contributed by atoms with van der Waals surface area (Å²) < 4.78 is 14.5. The quantitative estimate of drug-likeness (QED) is 0.522. The van der Waals surface area contributed by atoms with Crippen molar-refractivity contribution in [1.82, 2.24) is 5.32 Å². The van der Waals surface area contributed by atoms with Crippen LogP contribution in [-0.4, -0.2) is 51.5 Å². The molecule has 1 heterocycles. The first kappa shape index (κ1) is 14.9. The number of hydrogen-bond donors (Lipinski definition) is 1. The lowest BCUT2D eigenvalue weighted by Crippen LogP contribution is -2.36. The Morgan fingerprint density at radius 3 is 2.61 bits per heavy atom. The molecular weight excluding hydrogens is 238 g/mol. The molecule has 6 nitrogen and oxygen atoms in total. The zero-order valence-corrected chi connectivity index (χ0v) is 10.9. The summed E-state index contributed by atoms with van der Waals surface area (Å²) in [6, 6.07) is 0.0993. The summed E-state index contributed by atoms with van der Waals surface area (Å²) in [6.45, 7) is 0.947. The molecule has 0 aliphatic carbocycles. The first-order chi connectivity index (χ1) is 8.67.